The van der Waals surface area contributed by atoms with Gasteiger partial charge in [-0.05, 0) is 25.0 Å². The Kier molecular flexibility index (Phi) is 4.02. The van der Waals surface area contributed by atoms with Crippen LogP contribution in [0.4, 0.5) is 5.82 Å². The van der Waals surface area contributed by atoms with Crippen LogP contribution in [0.15, 0.2) is 18.6 Å². The molecule has 7 heteroatoms. The molecule has 0 amide bonds. The van der Waals surface area contributed by atoms with Gasteiger partial charge in [-0.1, -0.05) is 0 Å². The summed E-state index contributed by atoms with van der Waals surface area (Å²) >= 11 is 0. The van der Waals surface area contributed by atoms with Crippen LogP contribution in [0.2, 0.25) is 0 Å². The molecule has 2 atom stereocenters. The van der Waals surface area contributed by atoms with E-state index in [1.807, 2.05) is 24.9 Å². The second kappa shape index (κ2) is 6.12. The van der Waals surface area contributed by atoms with Crippen molar-refractivity contribution in [2.45, 2.75) is 25.4 Å². The number of hydrogen-bond donors (Lipinski definition) is 1. The Bertz CT molecular complexity index is 678. The van der Waals surface area contributed by atoms with Gasteiger partial charge in [0, 0.05) is 32.3 Å². The molecule has 3 rings (SSSR count). The number of rotatable bonds is 4. The number of aromatic amines is 1. The van der Waals surface area contributed by atoms with Gasteiger partial charge in [0.25, 0.3) is 0 Å². The quantitative estimate of drug-likeness (QED) is 0.917. The van der Waals surface area contributed by atoms with Crippen LogP contribution in [0.5, 0.6) is 0 Å². The van der Waals surface area contributed by atoms with E-state index in [0.717, 1.165) is 17.8 Å². The first-order chi connectivity index (χ1) is 10.7. The van der Waals surface area contributed by atoms with Gasteiger partial charge in [-0.2, -0.15) is 10.4 Å². The Morgan fingerprint density at radius 1 is 1.50 bits per heavy atom. The van der Waals surface area contributed by atoms with Crippen molar-refractivity contribution in [3.8, 4) is 6.07 Å². The Morgan fingerprint density at radius 3 is 3.09 bits per heavy atom. The number of aromatic nitrogens is 4. The van der Waals surface area contributed by atoms with E-state index in [4.69, 9.17) is 4.74 Å². The first-order valence-electron chi connectivity index (χ1n) is 7.24. The summed E-state index contributed by atoms with van der Waals surface area (Å²) < 4.78 is 5.85. The number of likely N-dealkylation sites (N-methyl/N-ethyl adjacent to an activating group) is 1. The standard InChI is InChI=1S/C15H18N6O/c1-10-3-5-17-15(12(10)7-16)21(2)8-13-11(4-6-22-13)14-18-9-19-20-14/h3,5,9,11,13H,4,6,8H2,1-2H3,(H,18,19,20)/t11-,13-/m1/s1. The maximum atomic E-state index is 9.34. The topological polar surface area (TPSA) is 90.7 Å². The van der Waals surface area contributed by atoms with E-state index in [-0.39, 0.29) is 12.0 Å². The molecule has 0 aromatic carbocycles. The largest absolute Gasteiger partial charge is 0.376 e. The molecule has 0 spiro atoms. The van der Waals surface area contributed by atoms with E-state index >= 15 is 0 Å². The predicted octanol–water partition coefficient (Wildman–Crippen LogP) is 1.39. The summed E-state index contributed by atoms with van der Waals surface area (Å²) in [6.07, 6.45) is 4.17. The van der Waals surface area contributed by atoms with Gasteiger partial charge in [0.2, 0.25) is 0 Å². The van der Waals surface area contributed by atoms with Gasteiger partial charge in [-0.25, -0.2) is 9.97 Å². The molecule has 0 saturated carbocycles. The van der Waals surface area contributed by atoms with Gasteiger partial charge in [-0.15, -0.1) is 0 Å². The zero-order valence-corrected chi connectivity index (χ0v) is 12.7. The molecule has 3 heterocycles. The van der Waals surface area contributed by atoms with Crippen LogP contribution < -0.4 is 4.90 Å². The van der Waals surface area contributed by atoms with Crippen LogP contribution in [-0.2, 0) is 4.74 Å². The number of nitrogens with zero attached hydrogens (tertiary/aromatic N) is 5. The van der Waals surface area contributed by atoms with E-state index in [2.05, 4.69) is 26.2 Å². The minimum atomic E-state index is 0.00630. The summed E-state index contributed by atoms with van der Waals surface area (Å²) in [5, 5.41) is 16.2. The van der Waals surface area contributed by atoms with E-state index in [1.165, 1.54) is 6.33 Å². The fourth-order valence-corrected chi connectivity index (χ4v) is 2.86. The maximum absolute atomic E-state index is 9.34. The third kappa shape index (κ3) is 2.65. The monoisotopic (exact) mass is 298 g/mol. The van der Waals surface area contributed by atoms with Crippen molar-refractivity contribution < 1.29 is 4.74 Å². The Morgan fingerprint density at radius 2 is 2.36 bits per heavy atom. The van der Waals surface area contributed by atoms with Crippen LogP contribution >= 0.6 is 0 Å². The van der Waals surface area contributed by atoms with Crippen LogP contribution in [0.3, 0.4) is 0 Å². The number of anilines is 1. The molecular formula is C15H18N6O. The van der Waals surface area contributed by atoms with Crippen molar-refractivity contribution in [2.75, 3.05) is 25.1 Å². The molecule has 1 saturated heterocycles. The molecule has 114 valence electrons. The van der Waals surface area contributed by atoms with Crippen molar-refractivity contribution in [1.29, 1.82) is 5.26 Å². The maximum Gasteiger partial charge on any atom is 0.146 e. The molecule has 0 aliphatic carbocycles. The van der Waals surface area contributed by atoms with Gasteiger partial charge >= 0.3 is 0 Å². The molecule has 7 nitrogen and oxygen atoms in total. The minimum Gasteiger partial charge on any atom is -0.376 e. The summed E-state index contributed by atoms with van der Waals surface area (Å²) in [6.45, 7) is 3.27. The third-order valence-electron chi connectivity index (χ3n) is 4.06. The highest BCUT2D eigenvalue weighted by Crippen LogP contribution is 2.30. The highest BCUT2D eigenvalue weighted by atomic mass is 16.5. The highest BCUT2D eigenvalue weighted by Gasteiger charge is 2.33. The number of hydrogen-bond acceptors (Lipinski definition) is 6. The smallest absolute Gasteiger partial charge is 0.146 e. The summed E-state index contributed by atoms with van der Waals surface area (Å²) in [4.78, 5) is 10.6. The Hall–Kier alpha value is -2.46. The van der Waals surface area contributed by atoms with Crippen molar-refractivity contribution in [3.63, 3.8) is 0 Å². The SMILES string of the molecule is Cc1ccnc(N(C)C[C@H]2OCC[C@H]2c2ncn[nH]2)c1C#N. The Labute approximate surface area is 129 Å². The Balaban J connectivity index is 1.78. The van der Waals surface area contributed by atoms with Gasteiger partial charge in [-0.3, -0.25) is 5.10 Å². The molecule has 1 fully saturated rings. The first-order valence-corrected chi connectivity index (χ1v) is 7.24. The third-order valence-corrected chi connectivity index (χ3v) is 4.06. The second-order valence-corrected chi connectivity index (χ2v) is 5.49. The van der Waals surface area contributed by atoms with Crippen molar-refractivity contribution in [3.05, 3.63) is 35.5 Å². The van der Waals surface area contributed by atoms with Crippen LogP contribution in [0.1, 0.15) is 29.3 Å². The molecule has 2 aromatic rings. The van der Waals surface area contributed by atoms with Gasteiger partial charge in [0.05, 0.1) is 11.7 Å². The van der Waals surface area contributed by atoms with Crippen LogP contribution in [0, 0.1) is 18.3 Å². The zero-order chi connectivity index (χ0) is 15.5. The van der Waals surface area contributed by atoms with E-state index < -0.39 is 0 Å². The van der Waals surface area contributed by atoms with Gasteiger partial charge < -0.3 is 9.64 Å². The highest BCUT2D eigenvalue weighted by molar-refractivity contribution is 5.56. The summed E-state index contributed by atoms with van der Waals surface area (Å²) in [5.41, 5.74) is 1.54. The van der Waals surface area contributed by atoms with Gasteiger partial charge in [0.1, 0.15) is 24.0 Å². The van der Waals surface area contributed by atoms with E-state index in [0.29, 0.717) is 24.5 Å². The number of H-pyrrole nitrogens is 1. The molecule has 22 heavy (non-hydrogen) atoms. The van der Waals surface area contributed by atoms with Crippen LogP contribution in [-0.4, -0.2) is 46.5 Å². The lowest BCUT2D eigenvalue weighted by Crippen LogP contribution is -2.33. The minimum absolute atomic E-state index is 0.00630. The number of pyridine rings is 1. The number of nitriles is 1. The predicted molar refractivity (Wildman–Crippen MR) is 80.4 cm³/mol. The van der Waals surface area contributed by atoms with Crippen molar-refractivity contribution in [2.24, 2.45) is 0 Å². The van der Waals surface area contributed by atoms with Crippen LogP contribution in [0.25, 0.3) is 0 Å². The lowest BCUT2D eigenvalue weighted by molar-refractivity contribution is 0.108. The average Bonchev–Trinajstić information content (AvgIpc) is 3.17. The molecule has 2 aromatic heterocycles. The fourth-order valence-electron chi connectivity index (χ4n) is 2.86. The molecule has 0 unspecified atom stereocenters. The zero-order valence-electron chi connectivity index (χ0n) is 12.7. The lowest BCUT2D eigenvalue weighted by Gasteiger charge is -2.25. The average molecular weight is 298 g/mol. The summed E-state index contributed by atoms with van der Waals surface area (Å²) in [5.74, 6) is 1.74. The number of nitrogens with one attached hydrogen (secondary N) is 1. The molecule has 1 N–H and O–H groups in total. The molecule has 0 bridgehead atoms. The number of ether oxygens (including phenoxy) is 1. The van der Waals surface area contributed by atoms with E-state index in [9.17, 15) is 5.26 Å². The lowest BCUT2D eigenvalue weighted by atomic mass is 10.0. The number of aryl methyl sites for hydroxylation is 1. The first kappa shape index (κ1) is 14.5. The fraction of sp³-hybridized carbons (Fsp3) is 0.467. The van der Waals surface area contributed by atoms with Crippen molar-refractivity contribution >= 4 is 5.82 Å². The summed E-state index contributed by atoms with van der Waals surface area (Å²) in [7, 11) is 1.93. The van der Waals surface area contributed by atoms with E-state index in [1.54, 1.807) is 6.20 Å². The molecule has 0 radical (unpaired) electrons. The normalized spacial score (nSPS) is 20.8. The molecule has 1 aliphatic rings. The van der Waals surface area contributed by atoms with Gasteiger partial charge in [0.15, 0.2) is 0 Å². The molecular weight excluding hydrogens is 280 g/mol. The second-order valence-electron chi connectivity index (χ2n) is 5.49. The summed E-state index contributed by atoms with van der Waals surface area (Å²) in [6, 6.07) is 4.08. The molecule has 1 aliphatic heterocycles. The van der Waals surface area contributed by atoms with Crippen molar-refractivity contribution in [1.82, 2.24) is 20.2 Å².